The summed E-state index contributed by atoms with van der Waals surface area (Å²) in [6.45, 7) is 5.15. The maximum Gasteiger partial charge on any atom is -0.00118 e. The number of hydrogen-bond acceptors (Lipinski definition) is 0. The van der Waals surface area contributed by atoms with Crippen molar-refractivity contribution in [2.45, 2.75) is 65.2 Å². The molecule has 4 rings (SSSR count). The first-order valence-electron chi connectivity index (χ1n) is 8.62. The van der Waals surface area contributed by atoms with Crippen LogP contribution in [0.1, 0.15) is 65.2 Å². The highest BCUT2D eigenvalue weighted by Gasteiger charge is 2.54. The van der Waals surface area contributed by atoms with E-state index in [1.165, 1.54) is 55.8 Å². The molecule has 110 valence electrons. The number of rotatable bonds is 0. The van der Waals surface area contributed by atoms with E-state index in [1.54, 1.807) is 5.57 Å². The molecule has 2 fully saturated rings. The molecule has 4 aliphatic carbocycles. The monoisotopic (exact) mass is 334 g/mol. The number of fused-ring (bicyclic) bond motifs is 5. The Hall–Kier alpha value is -0.0400. The Bertz CT molecular complexity index is 488. The highest BCUT2D eigenvalue weighted by atomic mass is 79.9. The molecule has 20 heavy (non-hydrogen) atoms. The third-order valence-electron chi connectivity index (χ3n) is 7.42. The van der Waals surface area contributed by atoms with E-state index in [1.807, 2.05) is 0 Å². The van der Waals surface area contributed by atoms with Crippen LogP contribution in [0.4, 0.5) is 0 Å². The molecule has 0 bridgehead atoms. The Balaban J connectivity index is 1.77. The molecule has 0 radical (unpaired) electrons. The van der Waals surface area contributed by atoms with Crippen molar-refractivity contribution >= 4 is 15.9 Å². The fraction of sp³-hybridized carbons (Fsp3) is 0.789. The summed E-state index contributed by atoms with van der Waals surface area (Å²) in [5.41, 5.74) is 2.77. The maximum atomic E-state index is 3.88. The molecule has 0 aromatic carbocycles. The summed E-state index contributed by atoms with van der Waals surface area (Å²) in [6, 6.07) is 0. The van der Waals surface area contributed by atoms with Gasteiger partial charge < -0.3 is 0 Å². The molecule has 5 atom stereocenters. The Kier molecular flexibility index (Phi) is 3.05. The topological polar surface area (TPSA) is 0 Å². The summed E-state index contributed by atoms with van der Waals surface area (Å²) < 4.78 is 1.50. The summed E-state index contributed by atoms with van der Waals surface area (Å²) in [4.78, 5) is 0. The third kappa shape index (κ3) is 1.71. The molecule has 0 aliphatic heterocycles. The van der Waals surface area contributed by atoms with Crippen LogP contribution in [0.15, 0.2) is 22.2 Å². The van der Waals surface area contributed by atoms with Gasteiger partial charge in [0.2, 0.25) is 0 Å². The summed E-state index contributed by atoms with van der Waals surface area (Å²) in [6.07, 6.45) is 16.5. The molecule has 1 heteroatoms. The minimum Gasteiger partial charge on any atom is -0.0805 e. The van der Waals surface area contributed by atoms with Gasteiger partial charge in [-0.15, -0.1) is 0 Å². The predicted octanol–water partition coefficient (Wildman–Crippen LogP) is 6.23. The average molecular weight is 335 g/mol. The van der Waals surface area contributed by atoms with Crippen LogP contribution < -0.4 is 0 Å². The molecule has 0 N–H and O–H groups in total. The van der Waals surface area contributed by atoms with E-state index in [2.05, 4.69) is 41.9 Å². The van der Waals surface area contributed by atoms with Crippen molar-refractivity contribution in [3.05, 3.63) is 22.2 Å². The lowest BCUT2D eigenvalue weighted by Gasteiger charge is -2.55. The van der Waals surface area contributed by atoms with Crippen molar-refractivity contribution in [1.29, 1.82) is 0 Å². The Morgan fingerprint density at radius 3 is 2.75 bits per heavy atom. The predicted molar refractivity (Wildman–Crippen MR) is 88.7 cm³/mol. The lowest BCUT2D eigenvalue weighted by atomic mass is 9.49. The standard InChI is InChI=1S/C19H27Br/c1-18-10-3-5-14(18)13-7-8-16-17(20)6-4-11-19(16,2)15(13)9-12-18/h7-8,13-15H,3-6,9-12H2,1-2H3/t13-,14-,15-,18-,19+/m0/s1. The summed E-state index contributed by atoms with van der Waals surface area (Å²) in [7, 11) is 0. The molecule has 0 spiro atoms. The molecule has 4 aliphatic rings. The first-order chi connectivity index (χ1) is 9.55. The lowest BCUT2D eigenvalue weighted by Crippen LogP contribution is -2.47. The highest BCUT2D eigenvalue weighted by Crippen LogP contribution is 2.64. The molecule has 0 unspecified atom stereocenters. The van der Waals surface area contributed by atoms with Crippen LogP contribution in [0.2, 0.25) is 0 Å². The first kappa shape index (κ1) is 13.6. The zero-order valence-electron chi connectivity index (χ0n) is 12.9. The summed E-state index contributed by atoms with van der Waals surface area (Å²) in [5.74, 6) is 2.74. The quantitative estimate of drug-likeness (QED) is 0.492. The van der Waals surface area contributed by atoms with Crippen LogP contribution in [0, 0.1) is 28.6 Å². The Morgan fingerprint density at radius 2 is 1.90 bits per heavy atom. The van der Waals surface area contributed by atoms with E-state index in [4.69, 9.17) is 0 Å². The van der Waals surface area contributed by atoms with Crippen LogP contribution in [-0.2, 0) is 0 Å². The van der Waals surface area contributed by atoms with Gasteiger partial charge in [0.1, 0.15) is 0 Å². The number of hydrogen-bond donors (Lipinski definition) is 0. The smallest absolute Gasteiger partial charge is 0.00118 e. The van der Waals surface area contributed by atoms with Gasteiger partial charge in [-0.05, 0) is 83.6 Å². The number of halogens is 1. The van der Waals surface area contributed by atoms with Crippen molar-refractivity contribution < 1.29 is 0 Å². The Morgan fingerprint density at radius 1 is 1.05 bits per heavy atom. The maximum absolute atomic E-state index is 3.88. The highest BCUT2D eigenvalue weighted by molar-refractivity contribution is 9.11. The SMILES string of the molecule is C[C@@]12CCC[C@H]1[C@@H]1C=CC3=C(Br)CCC[C@]3(C)[C@H]1CC2. The summed E-state index contributed by atoms with van der Waals surface area (Å²) >= 11 is 3.88. The van der Waals surface area contributed by atoms with Gasteiger partial charge in [0.25, 0.3) is 0 Å². The normalized spacial score (nSPS) is 50.6. The zero-order valence-corrected chi connectivity index (χ0v) is 14.5. The fourth-order valence-electron chi connectivity index (χ4n) is 6.26. The van der Waals surface area contributed by atoms with Crippen LogP contribution >= 0.6 is 15.9 Å². The van der Waals surface area contributed by atoms with E-state index in [9.17, 15) is 0 Å². The van der Waals surface area contributed by atoms with Crippen molar-refractivity contribution in [3.8, 4) is 0 Å². The van der Waals surface area contributed by atoms with Gasteiger partial charge in [-0.3, -0.25) is 0 Å². The van der Waals surface area contributed by atoms with Gasteiger partial charge in [-0.1, -0.05) is 48.4 Å². The molecule has 2 saturated carbocycles. The lowest BCUT2D eigenvalue weighted by molar-refractivity contribution is 0.00483. The first-order valence-corrected chi connectivity index (χ1v) is 9.41. The van der Waals surface area contributed by atoms with Crippen LogP contribution in [0.3, 0.4) is 0 Å². The van der Waals surface area contributed by atoms with Crippen molar-refractivity contribution in [2.24, 2.45) is 28.6 Å². The molecular formula is C19H27Br. The molecule has 0 saturated heterocycles. The van der Waals surface area contributed by atoms with Crippen molar-refractivity contribution in [2.75, 3.05) is 0 Å². The van der Waals surface area contributed by atoms with Gasteiger partial charge in [0, 0.05) is 0 Å². The minimum absolute atomic E-state index is 0.459. The van der Waals surface area contributed by atoms with Crippen LogP contribution in [0.25, 0.3) is 0 Å². The van der Waals surface area contributed by atoms with Gasteiger partial charge in [0.15, 0.2) is 0 Å². The molecular weight excluding hydrogens is 308 g/mol. The van der Waals surface area contributed by atoms with Crippen LogP contribution in [-0.4, -0.2) is 0 Å². The van der Waals surface area contributed by atoms with Gasteiger partial charge >= 0.3 is 0 Å². The fourth-order valence-corrected chi connectivity index (χ4v) is 7.13. The van der Waals surface area contributed by atoms with E-state index < -0.39 is 0 Å². The zero-order chi connectivity index (χ0) is 14.0. The Labute approximate surface area is 132 Å². The van der Waals surface area contributed by atoms with E-state index in [0.29, 0.717) is 10.8 Å². The van der Waals surface area contributed by atoms with E-state index >= 15 is 0 Å². The van der Waals surface area contributed by atoms with Gasteiger partial charge in [-0.25, -0.2) is 0 Å². The average Bonchev–Trinajstić information content (AvgIpc) is 2.80. The molecule has 0 aromatic rings. The van der Waals surface area contributed by atoms with Gasteiger partial charge in [-0.2, -0.15) is 0 Å². The second-order valence-corrected chi connectivity index (χ2v) is 9.28. The molecule has 0 aromatic heterocycles. The second kappa shape index (κ2) is 4.48. The molecule has 0 nitrogen and oxygen atoms in total. The largest absolute Gasteiger partial charge is 0.0805 e. The third-order valence-corrected chi connectivity index (χ3v) is 8.24. The van der Waals surface area contributed by atoms with Crippen molar-refractivity contribution in [1.82, 2.24) is 0 Å². The van der Waals surface area contributed by atoms with E-state index in [-0.39, 0.29) is 0 Å². The summed E-state index contributed by atoms with van der Waals surface area (Å²) in [5, 5.41) is 0. The van der Waals surface area contributed by atoms with Gasteiger partial charge in [0.05, 0.1) is 0 Å². The van der Waals surface area contributed by atoms with Crippen molar-refractivity contribution in [3.63, 3.8) is 0 Å². The number of allylic oxidation sites excluding steroid dienone is 4. The van der Waals surface area contributed by atoms with Crippen LogP contribution in [0.5, 0.6) is 0 Å². The second-order valence-electron chi connectivity index (χ2n) is 8.32. The molecule has 0 heterocycles. The van der Waals surface area contributed by atoms with E-state index in [0.717, 1.165) is 17.8 Å². The minimum atomic E-state index is 0.459. The molecule has 0 amide bonds.